The molecule has 1 heterocycles. The van der Waals surface area contributed by atoms with Crippen molar-refractivity contribution in [2.75, 3.05) is 11.5 Å². The number of halogens is 2. The lowest BCUT2D eigenvalue weighted by molar-refractivity contribution is 0.112. The third kappa shape index (κ3) is 2.97. The summed E-state index contributed by atoms with van der Waals surface area (Å²) in [5.74, 6) is -1.56. The summed E-state index contributed by atoms with van der Waals surface area (Å²) in [5.41, 5.74) is 10.8. The Morgan fingerprint density at radius 2 is 1.58 bits per heavy atom. The fraction of sp³-hybridized carbons (Fsp3) is 0. The van der Waals surface area contributed by atoms with E-state index < -0.39 is 11.6 Å². The van der Waals surface area contributed by atoms with E-state index in [0.29, 0.717) is 18.0 Å². The molecule has 98 valence electrons. The van der Waals surface area contributed by atoms with Gasteiger partial charge in [-0.3, -0.25) is 4.79 Å². The van der Waals surface area contributed by atoms with Gasteiger partial charge in [-0.25, -0.2) is 18.7 Å². The van der Waals surface area contributed by atoms with Crippen LogP contribution < -0.4 is 11.5 Å². The predicted octanol–water partition coefficient (Wildman–Crippen LogP) is 1.88. The molecule has 0 fully saturated rings. The zero-order valence-corrected chi connectivity index (χ0v) is 10.2. The molecule has 1 aromatic heterocycles. The lowest BCUT2D eigenvalue weighted by Gasteiger charge is -2.05. The number of nitrogen functional groups attached to an aromatic ring is 2. The Labute approximate surface area is 111 Å². The first kappa shape index (κ1) is 13.2. The van der Waals surface area contributed by atoms with E-state index in [0.717, 1.165) is 12.1 Å². The number of anilines is 2. The van der Waals surface area contributed by atoms with Crippen LogP contribution in [0.1, 0.15) is 10.4 Å². The summed E-state index contributed by atoms with van der Waals surface area (Å²) in [6.45, 7) is 0. The molecule has 0 atom stereocenters. The SMILES string of the molecule is Nc1cc(N)nc(Sc2c(F)cc(C=O)cc2F)n1. The van der Waals surface area contributed by atoms with Crippen molar-refractivity contribution in [3.05, 3.63) is 35.4 Å². The summed E-state index contributed by atoms with van der Waals surface area (Å²) < 4.78 is 27.3. The second kappa shape index (κ2) is 5.19. The molecule has 0 spiro atoms. The molecule has 19 heavy (non-hydrogen) atoms. The maximum Gasteiger partial charge on any atom is 0.196 e. The van der Waals surface area contributed by atoms with Crippen LogP contribution >= 0.6 is 11.8 Å². The van der Waals surface area contributed by atoms with Gasteiger partial charge in [-0.15, -0.1) is 0 Å². The molecule has 2 rings (SSSR count). The number of aromatic nitrogens is 2. The second-order valence-electron chi connectivity index (χ2n) is 3.53. The minimum atomic E-state index is -0.878. The predicted molar refractivity (Wildman–Crippen MR) is 66.7 cm³/mol. The Hall–Kier alpha value is -2.22. The number of aldehydes is 1. The van der Waals surface area contributed by atoms with E-state index >= 15 is 0 Å². The Balaban J connectivity index is 2.40. The van der Waals surface area contributed by atoms with Crippen molar-refractivity contribution >= 4 is 29.7 Å². The fourth-order valence-corrected chi connectivity index (χ4v) is 2.14. The quantitative estimate of drug-likeness (QED) is 0.659. The van der Waals surface area contributed by atoms with Gasteiger partial charge in [0, 0.05) is 11.6 Å². The van der Waals surface area contributed by atoms with E-state index in [9.17, 15) is 13.6 Å². The number of hydrogen-bond donors (Lipinski definition) is 2. The minimum Gasteiger partial charge on any atom is -0.383 e. The highest BCUT2D eigenvalue weighted by Gasteiger charge is 2.14. The van der Waals surface area contributed by atoms with Gasteiger partial charge in [0.05, 0.1) is 4.90 Å². The van der Waals surface area contributed by atoms with E-state index in [2.05, 4.69) is 9.97 Å². The Kier molecular flexibility index (Phi) is 3.61. The van der Waals surface area contributed by atoms with Crippen LogP contribution in [0, 0.1) is 11.6 Å². The molecule has 0 radical (unpaired) electrons. The first-order valence-electron chi connectivity index (χ1n) is 5.01. The van der Waals surface area contributed by atoms with Crippen LogP contribution in [-0.4, -0.2) is 16.3 Å². The molecule has 0 aliphatic heterocycles. The largest absolute Gasteiger partial charge is 0.383 e. The van der Waals surface area contributed by atoms with Crippen molar-refractivity contribution in [2.24, 2.45) is 0 Å². The van der Waals surface area contributed by atoms with E-state index in [1.807, 2.05) is 0 Å². The maximum atomic E-state index is 13.6. The number of hydrogen-bond acceptors (Lipinski definition) is 6. The Morgan fingerprint density at radius 3 is 2.05 bits per heavy atom. The van der Waals surface area contributed by atoms with Gasteiger partial charge in [0.15, 0.2) is 5.16 Å². The average Bonchev–Trinajstić information content (AvgIpc) is 2.32. The molecule has 5 nitrogen and oxygen atoms in total. The number of rotatable bonds is 3. The second-order valence-corrected chi connectivity index (χ2v) is 4.51. The van der Waals surface area contributed by atoms with Crippen molar-refractivity contribution < 1.29 is 13.6 Å². The van der Waals surface area contributed by atoms with Gasteiger partial charge in [0.25, 0.3) is 0 Å². The standard InChI is InChI=1S/C11H8F2N4OS/c12-6-1-5(4-18)2-7(13)10(6)19-11-16-8(14)3-9(15)17-11/h1-4H,(H4,14,15,16,17). The normalized spacial score (nSPS) is 10.4. The molecular formula is C11H8F2N4OS. The van der Waals surface area contributed by atoms with E-state index in [-0.39, 0.29) is 27.3 Å². The molecule has 1 aromatic carbocycles. The highest BCUT2D eigenvalue weighted by Crippen LogP contribution is 2.31. The van der Waals surface area contributed by atoms with Crippen LogP contribution in [-0.2, 0) is 0 Å². The molecule has 0 bridgehead atoms. The number of benzene rings is 1. The number of carbonyl (C=O) groups excluding carboxylic acids is 1. The number of nitrogens with zero attached hydrogens (tertiary/aromatic N) is 2. The fourth-order valence-electron chi connectivity index (χ4n) is 1.34. The lowest BCUT2D eigenvalue weighted by Crippen LogP contribution is -2.00. The Morgan fingerprint density at radius 1 is 1.05 bits per heavy atom. The van der Waals surface area contributed by atoms with Crippen LogP contribution in [0.4, 0.5) is 20.4 Å². The first-order chi connectivity index (χ1) is 8.99. The van der Waals surface area contributed by atoms with Crippen LogP contribution in [0.5, 0.6) is 0 Å². The van der Waals surface area contributed by atoms with Gasteiger partial charge in [-0.1, -0.05) is 0 Å². The maximum absolute atomic E-state index is 13.6. The lowest BCUT2D eigenvalue weighted by atomic mass is 10.2. The van der Waals surface area contributed by atoms with Gasteiger partial charge in [-0.2, -0.15) is 0 Å². The summed E-state index contributed by atoms with van der Waals surface area (Å²) in [6, 6.07) is 3.17. The summed E-state index contributed by atoms with van der Waals surface area (Å²) in [5, 5.41) is 0.0224. The molecule has 8 heteroatoms. The highest BCUT2D eigenvalue weighted by atomic mass is 32.2. The zero-order valence-electron chi connectivity index (χ0n) is 9.43. The molecule has 0 aliphatic rings. The first-order valence-corrected chi connectivity index (χ1v) is 5.83. The van der Waals surface area contributed by atoms with Crippen LogP contribution in [0.3, 0.4) is 0 Å². The molecule has 4 N–H and O–H groups in total. The summed E-state index contributed by atoms with van der Waals surface area (Å²) in [6.07, 6.45) is 0.357. The van der Waals surface area contributed by atoms with Crippen molar-refractivity contribution in [2.45, 2.75) is 10.1 Å². The highest BCUT2D eigenvalue weighted by molar-refractivity contribution is 7.99. The minimum absolute atomic E-state index is 0.0224. The summed E-state index contributed by atoms with van der Waals surface area (Å²) in [7, 11) is 0. The molecular weight excluding hydrogens is 274 g/mol. The smallest absolute Gasteiger partial charge is 0.196 e. The molecule has 0 amide bonds. The molecule has 0 saturated heterocycles. The van der Waals surface area contributed by atoms with E-state index in [1.54, 1.807) is 0 Å². The number of nitrogens with two attached hydrogens (primary N) is 2. The van der Waals surface area contributed by atoms with Gasteiger partial charge < -0.3 is 11.5 Å². The third-order valence-corrected chi connectivity index (χ3v) is 3.05. The molecule has 0 unspecified atom stereocenters. The zero-order chi connectivity index (χ0) is 14.0. The topological polar surface area (TPSA) is 94.9 Å². The van der Waals surface area contributed by atoms with Crippen molar-refractivity contribution in [1.29, 1.82) is 0 Å². The van der Waals surface area contributed by atoms with Crippen molar-refractivity contribution in [3.63, 3.8) is 0 Å². The third-order valence-electron chi connectivity index (χ3n) is 2.10. The number of carbonyl (C=O) groups is 1. The molecule has 2 aromatic rings. The van der Waals surface area contributed by atoms with Gasteiger partial charge in [-0.05, 0) is 23.9 Å². The van der Waals surface area contributed by atoms with Gasteiger partial charge in [0.1, 0.15) is 29.6 Å². The van der Waals surface area contributed by atoms with Crippen molar-refractivity contribution in [3.8, 4) is 0 Å². The monoisotopic (exact) mass is 282 g/mol. The summed E-state index contributed by atoms with van der Waals surface area (Å²) in [4.78, 5) is 17.8. The van der Waals surface area contributed by atoms with E-state index in [4.69, 9.17) is 11.5 Å². The summed E-state index contributed by atoms with van der Waals surface area (Å²) >= 11 is 0.640. The van der Waals surface area contributed by atoms with E-state index in [1.165, 1.54) is 6.07 Å². The van der Waals surface area contributed by atoms with Crippen LogP contribution in [0.25, 0.3) is 0 Å². The van der Waals surface area contributed by atoms with Crippen molar-refractivity contribution in [1.82, 2.24) is 9.97 Å². The van der Waals surface area contributed by atoms with Crippen LogP contribution in [0.15, 0.2) is 28.3 Å². The molecule has 0 aliphatic carbocycles. The van der Waals surface area contributed by atoms with Gasteiger partial charge in [0.2, 0.25) is 0 Å². The Bertz CT molecular complexity index is 607. The van der Waals surface area contributed by atoms with Gasteiger partial charge >= 0.3 is 0 Å². The molecule has 0 saturated carbocycles. The van der Waals surface area contributed by atoms with Crippen LogP contribution in [0.2, 0.25) is 0 Å². The average molecular weight is 282 g/mol.